The third-order valence-corrected chi connectivity index (χ3v) is 5.51. The van der Waals surface area contributed by atoms with Crippen LogP contribution in [0.15, 0.2) is 33.7 Å². The van der Waals surface area contributed by atoms with Crippen molar-refractivity contribution in [2.24, 2.45) is 10.9 Å². The largest absolute Gasteiger partial charge is 0.381 e. The molecule has 0 unspecified atom stereocenters. The van der Waals surface area contributed by atoms with Gasteiger partial charge in [-0.1, -0.05) is 28.1 Å². The van der Waals surface area contributed by atoms with Crippen LogP contribution in [-0.4, -0.2) is 39.3 Å². The molecule has 2 aliphatic rings. The van der Waals surface area contributed by atoms with Crippen LogP contribution in [0.4, 0.5) is 0 Å². The number of halogens is 2. The second-order valence-electron chi connectivity index (χ2n) is 6.65. The maximum Gasteiger partial charge on any atom is 0.191 e. The van der Waals surface area contributed by atoms with Crippen LogP contribution in [0.5, 0.6) is 0 Å². The number of benzene rings is 1. The molecule has 1 aromatic rings. The third kappa shape index (κ3) is 5.33. The molecule has 0 amide bonds. The number of guanidine groups is 1. The molecule has 2 N–H and O–H groups in total. The molecule has 0 aromatic heterocycles. The van der Waals surface area contributed by atoms with Crippen LogP contribution in [0.3, 0.4) is 0 Å². The second-order valence-corrected chi connectivity index (χ2v) is 7.57. The van der Waals surface area contributed by atoms with Crippen molar-refractivity contribution in [1.82, 2.24) is 10.6 Å². The van der Waals surface area contributed by atoms with Gasteiger partial charge < -0.3 is 15.4 Å². The first-order valence-electron chi connectivity index (χ1n) is 8.50. The van der Waals surface area contributed by atoms with E-state index in [1.54, 1.807) is 0 Å². The standard InChI is InChI=1S/C18H26BrN3O.HI/c1-20-17(21-12-14-2-3-14)22-13-18(8-10-23-11-9-18)15-4-6-16(19)7-5-15;/h4-7,14H,2-3,8-13H2,1H3,(H2,20,21,22);1H. The van der Waals surface area contributed by atoms with E-state index >= 15 is 0 Å². The number of nitrogens with zero attached hydrogens (tertiary/aromatic N) is 1. The van der Waals surface area contributed by atoms with E-state index in [-0.39, 0.29) is 29.4 Å². The van der Waals surface area contributed by atoms with Crippen LogP contribution >= 0.6 is 39.9 Å². The van der Waals surface area contributed by atoms with Gasteiger partial charge in [0.2, 0.25) is 0 Å². The molecule has 1 saturated heterocycles. The Hall–Kier alpha value is -0.340. The molecule has 134 valence electrons. The Morgan fingerprint density at radius 3 is 2.46 bits per heavy atom. The maximum absolute atomic E-state index is 5.61. The number of rotatable bonds is 5. The fourth-order valence-electron chi connectivity index (χ4n) is 3.17. The van der Waals surface area contributed by atoms with Crippen molar-refractivity contribution in [3.63, 3.8) is 0 Å². The highest BCUT2D eigenvalue weighted by atomic mass is 127. The number of hydrogen-bond donors (Lipinski definition) is 2. The Labute approximate surface area is 170 Å². The second kappa shape index (κ2) is 9.38. The van der Waals surface area contributed by atoms with E-state index < -0.39 is 0 Å². The van der Waals surface area contributed by atoms with Crippen molar-refractivity contribution in [1.29, 1.82) is 0 Å². The van der Waals surface area contributed by atoms with Crippen molar-refractivity contribution >= 4 is 45.9 Å². The quantitative estimate of drug-likeness (QED) is 0.363. The summed E-state index contributed by atoms with van der Waals surface area (Å²) in [5, 5.41) is 7.00. The molecule has 1 aromatic carbocycles. The van der Waals surface area contributed by atoms with E-state index in [2.05, 4.69) is 55.8 Å². The minimum Gasteiger partial charge on any atom is -0.381 e. The van der Waals surface area contributed by atoms with E-state index in [1.165, 1.54) is 18.4 Å². The topological polar surface area (TPSA) is 45.7 Å². The molecule has 2 fully saturated rings. The van der Waals surface area contributed by atoms with Crippen LogP contribution in [-0.2, 0) is 10.2 Å². The smallest absolute Gasteiger partial charge is 0.191 e. The van der Waals surface area contributed by atoms with E-state index in [4.69, 9.17) is 4.74 Å². The minimum absolute atomic E-state index is 0. The highest BCUT2D eigenvalue weighted by molar-refractivity contribution is 14.0. The average molecular weight is 508 g/mol. The first kappa shape index (κ1) is 20.0. The summed E-state index contributed by atoms with van der Waals surface area (Å²) in [4.78, 5) is 4.37. The van der Waals surface area contributed by atoms with Gasteiger partial charge in [-0.05, 0) is 49.3 Å². The van der Waals surface area contributed by atoms with Gasteiger partial charge in [0.05, 0.1) is 0 Å². The fourth-order valence-corrected chi connectivity index (χ4v) is 3.43. The number of aliphatic imine (C=N–C) groups is 1. The van der Waals surface area contributed by atoms with Gasteiger partial charge in [0, 0.05) is 43.2 Å². The molecule has 1 heterocycles. The minimum atomic E-state index is 0. The van der Waals surface area contributed by atoms with E-state index in [9.17, 15) is 0 Å². The van der Waals surface area contributed by atoms with Crippen molar-refractivity contribution in [2.75, 3.05) is 33.4 Å². The summed E-state index contributed by atoms with van der Waals surface area (Å²) in [5.41, 5.74) is 1.50. The molecule has 1 saturated carbocycles. The van der Waals surface area contributed by atoms with E-state index in [0.29, 0.717) is 0 Å². The highest BCUT2D eigenvalue weighted by Gasteiger charge is 2.34. The highest BCUT2D eigenvalue weighted by Crippen LogP contribution is 2.35. The van der Waals surface area contributed by atoms with Crippen molar-refractivity contribution in [3.05, 3.63) is 34.3 Å². The zero-order chi connectivity index (χ0) is 16.1. The summed E-state index contributed by atoms with van der Waals surface area (Å²) in [6, 6.07) is 8.73. The van der Waals surface area contributed by atoms with Gasteiger partial charge >= 0.3 is 0 Å². The van der Waals surface area contributed by atoms with Gasteiger partial charge in [-0.2, -0.15) is 0 Å². The normalized spacial score (nSPS) is 20.2. The fraction of sp³-hybridized carbons (Fsp3) is 0.611. The number of hydrogen-bond acceptors (Lipinski definition) is 2. The molecule has 24 heavy (non-hydrogen) atoms. The van der Waals surface area contributed by atoms with E-state index in [0.717, 1.165) is 55.5 Å². The Morgan fingerprint density at radius 1 is 1.21 bits per heavy atom. The average Bonchev–Trinajstić information content (AvgIpc) is 3.41. The predicted octanol–water partition coefficient (Wildman–Crippen LogP) is 3.69. The molecule has 0 atom stereocenters. The van der Waals surface area contributed by atoms with Crippen molar-refractivity contribution in [2.45, 2.75) is 31.1 Å². The lowest BCUT2D eigenvalue weighted by Gasteiger charge is -2.38. The van der Waals surface area contributed by atoms with Crippen LogP contribution < -0.4 is 10.6 Å². The third-order valence-electron chi connectivity index (χ3n) is 4.98. The Bertz CT molecular complexity index is 540. The summed E-state index contributed by atoms with van der Waals surface area (Å²) < 4.78 is 6.73. The number of ether oxygens (including phenoxy) is 1. The molecule has 1 aliphatic carbocycles. The van der Waals surface area contributed by atoms with Crippen LogP contribution in [0.25, 0.3) is 0 Å². The summed E-state index contributed by atoms with van der Waals surface area (Å²) in [6.07, 6.45) is 4.79. The molecular weight excluding hydrogens is 481 g/mol. The van der Waals surface area contributed by atoms with Crippen molar-refractivity contribution in [3.8, 4) is 0 Å². The van der Waals surface area contributed by atoms with Gasteiger partial charge in [0.25, 0.3) is 0 Å². The summed E-state index contributed by atoms with van der Waals surface area (Å²) in [6.45, 7) is 3.58. The summed E-state index contributed by atoms with van der Waals surface area (Å²) in [7, 11) is 1.85. The predicted molar refractivity (Wildman–Crippen MR) is 113 cm³/mol. The first-order chi connectivity index (χ1) is 11.2. The SMILES string of the molecule is CN=C(NCC1CC1)NCC1(c2ccc(Br)cc2)CCOCC1.I. The summed E-state index contributed by atoms with van der Waals surface area (Å²) in [5.74, 6) is 1.76. The zero-order valence-corrected chi connectivity index (χ0v) is 18.1. The van der Waals surface area contributed by atoms with Crippen molar-refractivity contribution < 1.29 is 4.74 Å². The lowest BCUT2D eigenvalue weighted by Crippen LogP contribution is -2.48. The monoisotopic (exact) mass is 507 g/mol. The van der Waals surface area contributed by atoms with Gasteiger partial charge in [0.15, 0.2) is 5.96 Å². The molecular formula is C18H27BrIN3O. The summed E-state index contributed by atoms with van der Waals surface area (Å²) >= 11 is 3.53. The van der Waals surface area contributed by atoms with Gasteiger partial charge in [-0.3, -0.25) is 4.99 Å². The molecule has 0 radical (unpaired) electrons. The Kier molecular flexibility index (Phi) is 7.81. The van der Waals surface area contributed by atoms with Gasteiger partial charge in [0.1, 0.15) is 0 Å². The first-order valence-corrected chi connectivity index (χ1v) is 9.29. The van der Waals surface area contributed by atoms with Crippen LogP contribution in [0.1, 0.15) is 31.2 Å². The molecule has 6 heteroatoms. The van der Waals surface area contributed by atoms with Gasteiger partial charge in [-0.25, -0.2) is 0 Å². The lowest BCUT2D eigenvalue weighted by molar-refractivity contribution is 0.0514. The van der Waals surface area contributed by atoms with Gasteiger partial charge in [-0.15, -0.1) is 24.0 Å². The Morgan fingerprint density at radius 2 is 1.88 bits per heavy atom. The maximum atomic E-state index is 5.61. The van der Waals surface area contributed by atoms with E-state index in [1.807, 2.05) is 7.05 Å². The van der Waals surface area contributed by atoms with Crippen LogP contribution in [0, 0.1) is 5.92 Å². The molecule has 0 spiro atoms. The molecule has 1 aliphatic heterocycles. The lowest BCUT2D eigenvalue weighted by atomic mass is 9.74. The Balaban J connectivity index is 0.00000208. The van der Waals surface area contributed by atoms with Crippen LogP contribution in [0.2, 0.25) is 0 Å². The molecule has 3 rings (SSSR count). The number of nitrogens with one attached hydrogen (secondary N) is 2. The molecule has 4 nitrogen and oxygen atoms in total. The molecule has 0 bridgehead atoms. The zero-order valence-electron chi connectivity index (χ0n) is 14.2.